The molecule has 0 amide bonds. The summed E-state index contributed by atoms with van der Waals surface area (Å²) >= 11 is 0. The molecule has 0 saturated carbocycles. The van der Waals surface area contributed by atoms with E-state index in [1.165, 1.54) is 0 Å². The number of hydrogen-bond acceptors (Lipinski definition) is 3. The second kappa shape index (κ2) is 4.13. The summed E-state index contributed by atoms with van der Waals surface area (Å²) in [6, 6.07) is 7.59. The molecule has 1 aliphatic heterocycles. The van der Waals surface area contributed by atoms with E-state index in [9.17, 15) is 4.79 Å². The summed E-state index contributed by atoms with van der Waals surface area (Å²) in [5.41, 5.74) is 1.87. The molecule has 4 nitrogen and oxygen atoms in total. The Labute approximate surface area is 100 Å². The standard InChI is InChI=1S/C13H16O4/c1-8-6-4-5-7-9(8)10-11(12(14)15)17-13(2,3)16-10/h4-7,10-11H,1-3H3,(H,14,15)/t10-,11+/m0/s1. The van der Waals surface area contributed by atoms with Gasteiger partial charge in [-0.15, -0.1) is 0 Å². The summed E-state index contributed by atoms with van der Waals surface area (Å²) < 4.78 is 11.1. The van der Waals surface area contributed by atoms with Crippen molar-refractivity contribution in [3.05, 3.63) is 35.4 Å². The van der Waals surface area contributed by atoms with Crippen molar-refractivity contribution in [2.75, 3.05) is 0 Å². The van der Waals surface area contributed by atoms with Crippen LogP contribution >= 0.6 is 0 Å². The quantitative estimate of drug-likeness (QED) is 0.855. The van der Waals surface area contributed by atoms with Crippen molar-refractivity contribution >= 4 is 5.97 Å². The Balaban J connectivity index is 2.37. The van der Waals surface area contributed by atoms with Gasteiger partial charge in [0.25, 0.3) is 0 Å². The van der Waals surface area contributed by atoms with Crippen molar-refractivity contribution < 1.29 is 19.4 Å². The van der Waals surface area contributed by atoms with Crippen LogP contribution < -0.4 is 0 Å². The fourth-order valence-corrected chi connectivity index (χ4v) is 2.08. The fraction of sp³-hybridized carbons (Fsp3) is 0.462. The largest absolute Gasteiger partial charge is 0.479 e. The molecule has 2 rings (SSSR count). The van der Waals surface area contributed by atoms with Crippen LogP contribution in [0.2, 0.25) is 0 Å². The van der Waals surface area contributed by atoms with E-state index < -0.39 is 24.0 Å². The Bertz CT molecular complexity index is 439. The van der Waals surface area contributed by atoms with Gasteiger partial charge in [0, 0.05) is 0 Å². The topological polar surface area (TPSA) is 55.8 Å². The highest BCUT2D eigenvalue weighted by Gasteiger charge is 2.46. The average molecular weight is 236 g/mol. The van der Waals surface area contributed by atoms with E-state index in [1.807, 2.05) is 31.2 Å². The van der Waals surface area contributed by atoms with Gasteiger partial charge in [-0.25, -0.2) is 4.79 Å². The molecule has 1 aromatic carbocycles. The molecule has 4 heteroatoms. The maximum atomic E-state index is 11.2. The highest BCUT2D eigenvalue weighted by atomic mass is 16.8. The molecule has 0 aliphatic carbocycles. The highest BCUT2D eigenvalue weighted by Crippen LogP contribution is 2.39. The predicted octanol–water partition coefficient (Wildman–Crippen LogP) is 2.27. The first-order chi connectivity index (χ1) is 7.91. The lowest BCUT2D eigenvalue weighted by Crippen LogP contribution is -2.27. The summed E-state index contributed by atoms with van der Waals surface area (Å²) in [6.07, 6.45) is -1.50. The Kier molecular flexibility index (Phi) is 2.93. The first kappa shape index (κ1) is 12.1. The van der Waals surface area contributed by atoms with Crippen molar-refractivity contribution in [1.29, 1.82) is 0 Å². The van der Waals surface area contributed by atoms with Crippen molar-refractivity contribution in [3.63, 3.8) is 0 Å². The van der Waals surface area contributed by atoms with Crippen LogP contribution in [0, 0.1) is 6.92 Å². The lowest BCUT2D eigenvalue weighted by molar-refractivity contribution is -0.165. The maximum Gasteiger partial charge on any atom is 0.336 e. The van der Waals surface area contributed by atoms with Crippen LogP contribution in [0.1, 0.15) is 31.1 Å². The summed E-state index contributed by atoms with van der Waals surface area (Å²) in [4.78, 5) is 11.2. The minimum atomic E-state index is -0.996. The first-order valence-corrected chi connectivity index (χ1v) is 5.55. The Morgan fingerprint density at radius 3 is 2.53 bits per heavy atom. The molecule has 2 atom stereocenters. The smallest absolute Gasteiger partial charge is 0.336 e. The number of benzene rings is 1. The van der Waals surface area contributed by atoms with Crippen molar-refractivity contribution in [3.8, 4) is 0 Å². The number of carboxylic acid groups (broad SMARTS) is 1. The summed E-state index contributed by atoms with van der Waals surface area (Å²) in [6.45, 7) is 5.38. The zero-order valence-electron chi connectivity index (χ0n) is 10.1. The lowest BCUT2D eigenvalue weighted by atomic mass is 10.00. The molecule has 1 aromatic rings. The molecular weight excluding hydrogens is 220 g/mol. The van der Waals surface area contributed by atoms with Crippen LogP contribution in [0.4, 0.5) is 0 Å². The van der Waals surface area contributed by atoms with E-state index in [-0.39, 0.29) is 0 Å². The third-order valence-corrected chi connectivity index (χ3v) is 2.83. The normalized spacial score (nSPS) is 27.0. The first-order valence-electron chi connectivity index (χ1n) is 5.55. The molecule has 1 aliphatic rings. The summed E-state index contributed by atoms with van der Waals surface area (Å²) in [7, 11) is 0. The Morgan fingerprint density at radius 1 is 1.29 bits per heavy atom. The minimum Gasteiger partial charge on any atom is -0.479 e. The number of carboxylic acids is 1. The number of rotatable bonds is 2. The monoisotopic (exact) mass is 236 g/mol. The molecule has 1 fully saturated rings. The Hall–Kier alpha value is -1.39. The van der Waals surface area contributed by atoms with E-state index in [1.54, 1.807) is 13.8 Å². The van der Waals surface area contributed by atoms with E-state index in [0.717, 1.165) is 11.1 Å². The number of ether oxygens (including phenoxy) is 2. The van der Waals surface area contributed by atoms with Crippen LogP contribution in [0.3, 0.4) is 0 Å². The lowest BCUT2D eigenvalue weighted by Gasteiger charge is -2.17. The highest BCUT2D eigenvalue weighted by molar-refractivity contribution is 5.74. The number of hydrogen-bond donors (Lipinski definition) is 1. The second-order valence-corrected chi connectivity index (χ2v) is 4.67. The number of aliphatic carboxylic acids is 1. The molecule has 17 heavy (non-hydrogen) atoms. The number of carbonyl (C=O) groups is 1. The zero-order valence-corrected chi connectivity index (χ0v) is 10.1. The Morgan fingerprint density at radius 2 is 1.94 bits per heavy atom. The van der Waals surface area contributed by atoms with Crippen molar-refractivity contribution in [2.24, 2.45) is 0 Å². The van der Waals surface area contributed by atoms with Crippen LogP contribution in [-0.4, -0.2) is 23.0 Å². The van der Waals surface area contributed by atoms with Gasteiger partial charge < -0.3 is 14.6 Å². The van der Waals surface area contributed by atoms with E-state index in [4.69, 9.17) is 14.6 Å². The van der Waals surface area contributed by atoms with Crippen LogP contribution in [0.5, 0.6) is 0 Å². The molecule has 92 valence electrons. The van der Waals surface area contributed by atoms with Gasteiger partial charge in [0.2, 0.25) is 0 Å². The van der Waals surface area contributed by atoms with Gasteiger partial charge in [-0.2, -0.15) is 0 Å². The summed E-state index contributed by atoms with van der Waals surface area (Å²) in [5.74, 6) is -1.86. The van der Waals surface area contributed by atoms with Crippen molar-refractivity contribution in [2.45, 2.75) is 38.8 Å². The second-order valence-electron chi connectivity index (χ2n) is 4.67. The van der Waals surface area contributed by atoms with E-state index >= 15 is 0 Å². The molecule has 1 N–H and O–H groups in total. The molecule has 0 spiro atoms. The van der Waals surface area contributed by atoms with Crippen molar-refractivity contribution in [1.82, 2.24) is 0 Å². The maximum absolute atomic E-state index is 11.2. The molecule has 0 radical (unpaired) electrons. The third kappa shape index (κ3) is 2.33. The molecule has 1 saturated heterocycles. The van der Waals surface area contributed by atoms with E-state index in [0.29, 0.717) is 0 Å². The minimum absolute atomic E-state index is 0.552. The number of aryl methyl sites for hydroxylation is 1. The average Bonchev–Trinajstić information content (AvgIpc) is 2.55. The summed E-state index contributed by atoms with van der Waals surface area (Å²) in [5, 5.41) is 9.16. The van der Waals surface area contributed by atoms with Gasteiger partial charge in [0.1, 0.15) is 6.10 Å². The van der Waals surface area contributed by atoms with Gasteiger partial charge in [-0.1, -0.05) is 24.3 Å². The molecule has 0 aromatic heterocycles. The zero-order chi connectivity index (χ0) is 12.6. The van der Waals surface area contributed by atoms with Gasteiger partial charge in [0.15, 0.2) is 11.9 Å². The van der Waals surface area contributed by atoms with Gasteiger partial charge in [0.05, 0.1) is 0 Å². The predicted molar refractivity (Wildman–Crippen MR) is 61.6 cm³/mol. The molecular formula is C13H16O4. The van der Waals surface area contributed by atoms with Gasteiger partial charge in [-0.05, 0) is 31.9 Å². The molecule has 0 unspecified atom stereocenters. The van der Waals surface area contributed by atoms with Crippen LogP contribution in [0.15, 0.2) is 24.3 Å². The van der Waals surface area contributed by atoms with E-state index in [2.05, 4.69) is 0 Å². The molecule has 0 bridgehead atoms. The fourth-order valence-electron chi connectivity index (χ4n) is 2.08. The van der Waals surface area contributed by atoms with Crippen LogP contribution in [-0.2, 0) is 14.3 Å². The van der Waals surface area contributed by atoms with Gasteiger partial charge >= 0.3 is 5.97 Å². The third-order valence-electron chi connectivity index (χ3n) is 2.83. The van der Waals surface area contributed by atoms with Crippen LogP contribution in [0.25, 0.3) is 0 Å². The SMILES string of the molecule is Cc1ccccc1[C@@H]1OC(C)(C)O[C@H]1C(=O)O. The molecule has 1 heterocycles. The van der Waals surface area contributed by atoms with Gasteiger partial charge in [-0.3, -0.25) is 0 Å².